The summed E-state index contributed by atoms with van der Waals surface area (Å²) < 4.78 is 0. The van der Waals surface area contributed by atoms with Crippen LogP contribution in [0.25, 0.3) is 0 Å². The van der Waals surface area contributed by atoms with Crippen molar-refractivity contribution >= 4 is 0 Å². The molecule has 0 aromatic heterocycles. The van der Waals surface area contributed by atoms with Gasteiger partial charge in [-0.1, -0.05) is 59.7 Å². The van der Waals surface area contributed by atoms with Gasteiger partial charge in [-0.25, -0.2) is 0 Å². The van der Waals surface area contributed by atoms with E-state index in [1.54, 1.807) is 0 Å². The van der Waals surface area contributed by atoms with E-state index < -0.39 is 0 Å². The predicted octanol–water partition coefficient (Wildman–Crippen LogP) is 4.43. The summed E-state index contributed by atoms with van der Waals surface area (Å²) in [6, 6.07) is 5.87. The Morgan fingerprint density at radius 3 is 1.40 bits per heavy atom. The second-order valence-electron chi connectivity index (χ2n) is 6.18. The molecule has 0 unspecified atom stereocenters. The Labute approximate surface area is 93.1 Å². The number of hydrogen-bond acceptors (Lipinski definition) is 0. The van der Waals surface area contributed by atoms with Crippen LogP contribution in [0.5, 0.6) is 5.75 Å². The number of rotatable bonds is 0. The van der Waals surface area contributed by atoms with E-state index in [9.17, 15) is 5.11 Å². The second kappa shape index (κ2) is 3.55. The Bertz CT molecular complexity index is 318. The number of para-hydroxylation sites is 1. The van der Waals surface area contributed by atoms with Gasteiger partial charge in [-0.3, -0.25) is 5.11 Å². The van der Waals surface area contributed by atoms with Crippen molar-refractivity contribution in [2.45, 2.75) is 52.4 Å². The normalized spacial score (nSPS) is 12.9. The molecule has 0 aliphatic rings. The van der Waals surface area contributed by atoms with Crippen molar-refractivity contribution < 1.29 is 5.11 Å². The molecule has 0 saturated carbocycles. The van der Waals surface area contributed by atoms with Crippen molar-refractivity contribution in [3.05, 3.63) is 29.3 Å². The summed E-state index contributed by atoms with van der Waals surface area (Å²) in [5.74, 6) is 0.206. The van der Waals surface area contributed by atoms with Crippen LogP contribution in [-0.2, 0) is 15.9 Å². The topological polar surface area (TPSA) is 19.9 Å². The smallest absolute Gasteiger partial charge is 0.186 e. The van der Waals surface area contributed by atoms with Gasteiger partial charge in [-0.15, -0.1) is 0 Å². The van der Waals surface area contributed by atoms with Crippen molar-refractivity contribution in [1.29, 1.82) is 0 Å². The first kappa shape index (κ1) is 12.1. The zero-order valence-electron chi connectivity index (χ0n) is 10.6. The van der Waals surface area contributed by atoms with E-state index in [2.05, 4.69) is 41.5 Å². The van der Waals surface area contributed by atoms with Gasteiger partial charge in [0.1, 0.15) is 0 Å². The highest BCUT2D eigenvalue weighted by atomic mass is 16.3. The fourth-order valence-electron chi connectivity index (χ4n) is 1.72. The van der Waals surface area contributed by atoms with E-state index in [0.717, 1.165) is 11.1 Å². The molecule has 0 N–H and O–H groups in total. The first-order valence-electron chi connectivity index (χ1n) is 5.45. The summed E-state index contributed by atoms with van der Waals surface area (Å²) in [4.78, 5) is 0. The molecule has 1 radical (unpaired) electrons. The van der Waals surface area contributed by atoms with Crippen LogP contribution in [0, 0.1) is 0 Å². The molecule has 1 aromatic carbocycles. The molecule has 0 amide bonds. The van der Waals surface area contributed by atoms with E-state index in [-0.39, 0.29) is 16.6 Å². The van der Waals surface area contributed by atoms with Gasteiger partial charge in [0.2, 0.25) is 0 Å². The molecule has 1 aromatic rings. The Hall–Kier alpha value is -0.980. The lowest BCUT2D eigenvalue weighted by molar-refractivity contribution is 0.327. The van der Waals surface area contributed by atoms with E-state index in [1.807, 2.05) is 18.2 Å². The van der Waals surface area contributed by atoms with Gasteiger partial charge in [-0.2, -0.15) is 0 Å². The van der Waals surface area contributed by atoms with Gasteiger partial charge in [0.25, 0.3) is 0 Å². The molecule has 0 fully saturated rings. The average Bonchev–Trinajstić information content (AvgIpc) is 1.99. The van der Waals surface area contributed by atoms with Crippen LogP contribution >= 0.6 is 0 Å². The molecule has 0 spiro atoms. The van der Waals surface area contributed by atoms with Gasteiger partial charge in [-0.05, 0) is 10.8 Å². The third-order valence-electron chi connectivity index (χ3n) is 2.63. The van der Waals surface area contributed by atoms with E-state index in [0.29, 0.717) is 0 Å². The van der Waals surface area contributed by atoms with Crippen molar-refractivity contribution in [2.24, 2.45) is 0 Å². The van der Waals surface area contributed by atoms with E-state index in [1.165, 1.54) is 0 Å². The second-order valence-corrected chi connectivity index (χ2v) is 6.18. The molecule has 0 aliphatic heterocycles. The van der Waals surface area contributed by atoms with Crippen molar-refractivity contribution in [2.75, 3.05) is 0 Å². The average molecular weight is 205 g/mol. The van der Waals surface area contributed by atoms with Crippen LogP contribution in [-0.4, -0.2) is 0 Å². The molecule has 1 heteroatoms. The number of hydrogen-bond donors (Lipinski definition) is 0. The van der Waals surface area contributed by atoms with Crippen LogP contribution < -0.4 is 0 Å². The first-order chi connectivity index (χ1) is 6.64. The molecule has 0 aliphatic carbocycles. The van der Waals surface area contributed by atoms with Gasteiger partial charge in [0, 0.05) is 11.1 Å². The summed E-state index contributed by atoms with van der Waals surface area (Å²) in [6.07, 6.45) is 0. The van der Waals surface area contributed by atoms with Crippen LogP contribution in [0.3, 0.4) is 0 Å². The Balaban J connectivity index is 3.37. The molecular formula is C14H21O. The Morgan fingerprint density at radius 2 is 1.13 bits per heavy atom. The molecular weight excluding hydrogens is 184 g/mol. The summed E-state index contributed by atoms with van der Waals surface area (Å²) in [5, 5.41) is 12.3. The van der Waals surface area contributed by atoms with Crippen LogP contribution in [0.4, 0.5) is 0 Å². The van der Waals surface area contributed by atoms with Gasteiger partial charge >= 0.3 is 0 Å². The molecule has 0 atom stereocenters. The van der Waals surface area contributed by atoms with Crippen molar-refractivity contribution in [3.63, 3.8) is 0 Å². The predicted molar refractivity (Wildman–Crippen MR) is 64.0 cm³/mol. The molecule has 1 rings (SSSR count). The summed E-state index contributed by atoms with van der Waals surface area (Å²) >= 11 is 0. The molecule has 83 valence electrons. The molecule has 0 bridgehead atoms. The van der Waals surface area contributed by atoms with Gasteiger partial charge in [0.15, 0.2) is 5.75 Å². The lowest BCUT2D eigenvalue weighted by atomic mass is 9.80. The fourth-order valence-corrected chi connectivity index (χ4v) is 1.72. The lowest BCUT2D eigenvalue weighted by Gasteiger charge is -2.25. The van der Waals surface area contributed by atoms with Crippen molar-refractivity contribution in [3.8, 4) is 5.75 Å². The largest absolute Gasteiger partial charge is 0.289 e. The van der Waals surface area contributed by atoms with E-state index in [4.69, 9.17) is 0 Å². The monoisotopic (exact) mass is 205 g/mol. The lowest BCUT2D eigenvalue weighted by Crippen LogP contribution is -2.16. The Morgan fingerprint density at radius 1 is 0.800 bits per heavy atom. The van der Waals surface area contributed by atoms with Crippen LogP contribution in [0.1, 0.15) is 52.7 Å². The summed E-state index contributed by atoms with van der Waals surface area (Å²) in [5.41, 5.74) is 1.68. The van der Waals surface area contributed by atoms with Gasteiger partial charge in [0.05, 0.1) is 0 Å². The highest BCUT2D eigenvalue weighted by molar-refractivity contribution is 5.46. The van der Waals surface area contributed by atoms with E-state index >= 15 is 0 Å². The first-order valence-corrected chi connectivity index (χ1v) is 5.45. The van der Waals surface area contributed by atoms with Crippen molar-refractivity contribution in [1.82, 2.24) is 0 Å². The van der Waals surface area contributed by atoms with Crippen LogP contribution in [0.2, 0.25) is 0 Å². The fraction of sp³-hybridized carbons (Fsp3) is 0.571. The third-order valence-corrected chi connectivity index (χ3v) is 2.63. The zero-order valence-corrected chi connectivity index (χ0v) is 10.6. The quantitative estimate of drug-likeness (QED) is 0.597. The standard InChI is InChI=1S/C14H21O/c1-13(2,3)10-8-7-9-11(12(10)15)14(4,5)6/h7-9H,1-6H3. The Kier molecular flexibility index (Phi) is 2.86. The minimum absolute atomic E-state index is 0.0711. The minimum atomic E-state index is -0.0711. The summed E-state index contributed by atoms with van der Waals surface area (Å²) in [6.45, 7) is 12.5. The highest BCUT2D eigenvalue weighted by Crippen LogP contribution is 2.38. The zero-order chi connectivity index (χ0) is 11.9. The maximum absolute atomic E-state index is 12.3. The highest BCUT2D eigenvalue weighted by Gasteiger charge is 2.25. The maximum atomic E-state index is 12.3. The molecule has 15 heavy (non-hydrogen) atoms. The minimum Gasteiger partial charge on any atom is -0.289 e. The maximum Gasteiger partial charge on any atom is 0.186 e. The number of benzene rings is 1. The molecule has 0 saturated heterocycles. The SMILES string of the molecule is CC(C)(C)c1cccc(C(C)(C)C)c1[O]. The molecule has 0 heterocycles. The van der Waals surface area contributed by atoms with Crippen LogP contribution in [0.15, 0.2) is 18.2 Å². The summed E-state index contributed by atoms with van der Waals surface area (Å²) in [7, 11) is 0. The third kappa shape index (κ3) is 2.53. The van der Waals surface area contributed by atoms with Gasteiger partial charge < -0.3 is 0 Å². The molecule has 1 nitrogen and oxygen atoms in total.